The van der Waals surface area contributed by atoms with E-state index in [4.69, 9.17) is 0 Å². The highest BCUT2D eigenvalue weighted by atomic mass is 32.2. The van der Waals surface area contributed by atoms with Crippen LogP contribution >= 0.6 is 11.8 Å². The van der Waals surface area contributed by atoms with Crippen LogP contribution in [-0.2, 0) is 0 Å². The second kappa shape index (κ2) is 5.75. The zero-order valence-corrected chi connectivity index (χ0v) is 14.6. The van der Waals surface area contributed by atoms with Crippen LogP contribution in [-0.4, -0.2) is 14.1 Å². The zero-order valence-electron chi connectivity index (χ0n) is 13.8. The smallest absolute Gasteiger partial charge is 0.101 e. The Labute approximate surface area is 141 Å². The lowest BCUT2D eigenvalue weighted by molar-refractivity contribution is 0.802. The van der Waals surface area contributed by atoms with Gasteiger partial charge in [0.25, 0.3) is 0 Å². The van der Waals surface area contributed by atoms with E-state index >= 15 is 0 Å². The minimum Gasteiger partial charge on any atom is -0.315 e. The summed E-state index contributed by atoms with van der Waals surface area (Å²) in [7, 11) is 0. The van der Waals surface area contributed by atoms with E-state index in [-0.39, 0.29) is 4.75 Å². The molecule has 0 N–H and O–H groups in total. The molecule has 0 radical (unpaired) electrons. The third-order valence-corrected chi connectivity index (χ3v) is 4.68. The molecule has 116 valence electrons. The third-order valence-electron chi connectivity index (χ3n) is 3.49. The molecular weight excluding hydrogens is 302 g/mol. The normalized spacial score (nSPS) is 11.6. The first-order valence-electron chi connectivity index (χ1n) is 7.54. The van der Waals surface area contributed by atoms with Crippen LogP contribution in [0.15, 0.2) is 47.8 Å². The van der Waals surface area contributed by atoms with Gasteiger partial charge in [0.1, 0.15) is 6.07 Å². The largest absolute Gasteiger partial charge is 0.315 e. The fraction of sp³-hybridized carbons (Fsp3) is 0.263. The SMILES string of the molecule is Cc1cc2c(C#N)ccc(-c3cnccc3SC(C)(C)C)n2c1. The predicted molar refractivity (Wildman–Crippen MR) is 95.7 cm³/mol. The maximum atomic E-state index is 9.33. The molecule has 0 fully saturated rings. The van der Waals surface area contributed by atoms with Crippen LogP contribution in [0.1, 0.15) is 31.9 Å². The average molecular weight is 321 g/mol. The van der Waals surface area contributed by atoms with E-state index in [2.05, 4.69) is 54.6 Å². The Morgan fingerprint density at radius 3 is 2.70 bits per heavy atom. The number of nitrogens with zero attached hydrogens (tertiary/aromatic N) is 3. The minimum atomic E-state index is 0.119. The van der Waals surface area contributed by atoms with E-state index in [9.17, 15) is 5.26 Å². The van der Waals surface area contributed by atoms with E-state index in [1.807, 2.05) is 43.2 Å². The Morgan fingerprint density at radius 1 is 1.22 bits per heavy atom. The third kappa shape index (κ3) is 3.11. The first-order valence-corrected chi connectivity index (χ1v) is 8.36. The quantitative estimate of drug-likeness (QED) is 0.619. The number of fused-ring (bicyclic) bond motifs is 1. The Balaban J connectivity index is 2.25. The molecule has 0 aliphatic rings. The highest BCUT2D eigenvalue weighted by Crippen LogP contribution is 2.38. The number of pyridine rings is 2. The number of aromatic nitrogens is 2. The lowest BCUT2D eigenvalue weighted by Crippen LogP contribution is -2.07. The first-order chi connectivity index (χ1) is 10.9. The maximum Gasteiger partial charge on any atom is 0.101 e. The van der Waals surface area contributed by atoms with Gasteiger partial charge in [-0.25, -0.2) is 0 Å². The van der Waals surface area contributed by atoms with Crippen LogP contribution in [0.5, 0.6) is 0 Å². The summed E-state index contributed by atoms with van der Waals surface area (Å²) >= 11 is 1.83. The second-order valence-electron chi connectivity index (χ2n) is 6.60. The Bertz CT molecular complexity index is 910. The molecule has 0 aromatic carbocycles. The van der Waals surface area contributed by atoms with Crippen molar-refractivity contribution in [1.29, 1.82) is 5.26 Å². The van der Waals surface area contributed by atoms with Gasteiger partial charge < -0.3 is 4.40 Å². The maximum absolute atomic E-state index is 9.33. The summed E-state index contributed by atoms with van der Waals surface area (Å²) in [5.74, 6) is 0. The molecule has 3 rings (SSSR count). The monoisotopic (exact) mass is 321 g/mol. The number of thioether (sulfide) groups is 1. The van der Waals surface area contributed by atoms with Crippen molar-refractivity contribution in [3.05, 3.63) is 54.0 Å². The van der Waals surface area contributed by atoms with Gasteiger partial charge in [-0.15, -0.1) is 11.8 Å². The fourth-order valence-corrected chi connectivity index (χ4v) is 3.69. The summed E-state index contributed by atoms with van der Waals surface area (Å²) in [6, 6.07) is 10.3. The van der Waals surface area contributed by atoms with Gasteiger partial charge in [0.2, 0.25) is 0 Å². The van der Waals surface area contributed by atoms with Gasteiger partial charge in [0.15, 0.2) is 0 Å². The van der Waals surface area contributed by atoms with E-state index in [1.165, 1.54) is 4.90 Å². The van der Waals surface area contributed by atoms with Crippen molar-refractivity contribution >= 4 is 17.3 Å². The van der Waals surface area contributed by atoms with Crippen molar-refractivity contribution in [2.45, 2.75) is 37.3 Å². The predicted octanol–water partition coefficient (Wildman–Crippen LogP) is 5.07. The van der Waals surface area contributed by atoms with Crippen LogP contribution in [0.25, 0.3) is 16.8 Å². The van der Waals surface area contributed by atoms with Gasteiger partial charge in [-0.1, -0.05) is 20.8 Å². The van der Waals surface area contributed by atoms with Crippen LogP contribution in [0.2, 0.25) is 0 Å². The Kier molecular flexibility index (Phi) is 3.91. The number of hydrogen-bond acceptors (Lipinski definition) is 3. The molecule has 3 heterocycles. The minimum absolute atomic E-state index is 0.119. The molecule has 0 bridgehead atoms. The molecule has 3 aromatic heterocycles. The number of nitriles is 1. The topological polar surface area (TPSA) is 41.1 Å². The summed E-state index contributed by atoms with van der Waals surface area (Å²) in [6.07, 6.45) is 5.81. The van der Waals surface area contributed by atoms with Gasteiger partial charge in [-0.2, -0.15) is 5.26 Å². The Morgan fingerprint density at radius 2 is 2.00 bits per heavy atom. The molecule has 0 atom stereocenters. The van der Waals surface area contributed by atoms with Crippen molar-refractivity contribution < 1.29 is 0 Å². The van der Waals surface area contributed by atoms with Crippen LogP contribution in [0.4, 0.5) is 0 Å². The molecule has 0 amide bonds. The van der Waals surface area contributed by atoms with Gasteiger partial charge in [0.05, 0.1) is 16.8 Å². The van der Waals surface area contributed by atoms with Crippen LogP contribution < -0.4 is 0 Å². The summed E-state index contributed by atoms with van der Waals surface area (Å²) in [5, 5.41) is 9.33. The molecule has 3 aromatic rings. The number of aryl methyl sites for hydroxylation is 1. The van der Waals surface area contributed by atoms with Gasteiger partial charge >= 0.3 is 0 Å². The molecule has 23 heavy (non-hydrogen) atoms. The summed E-state index contributed by atoms with van der Waals surface area (Å²) in [5.41, 5.74) is 4.93. The summed E-state index contributed by atoms with van der Waals surface area (Å²) < 4.78 is 2.21. The number of hydrogen-bond donors (Lipinski definition) is 0. The van der Waals surface area contributed by atoms with Crippen molar-refractivity contribution in [3.8, 4) is 17.3 Å². The van der Waals surface area contributed by atoms with Crippen molar-refractivity contribution in [1.82, 2.24) is 9.38 Å². The average Bonchev–Trinajstić information content (AvgIpc) is 2.87. The lowest BCUT2D eigenvalue weighted by atomic mass is 10.1. The summed E-state index contributed by atoms with van der Waals surface area (Å²) in [6.45, 7) is 8.66. The highest BCUT2D eigenvalue weighted by Gasteiger charge is 2.17. The van der Waals surface area contributed by atoms with Gasteiger partial charge in [-0.3, -0.25) is 4.98 Å². The van der Waals surface area contributed by atoms with E-state index < -0.39 is 0 Å². The van der Waals surface area contributed by atoms with E-state index in [1.54, 1.807) is 0 Å². The molecule has 0 aliphatic carbocycles. The zero-order chi connectivity index (χ0) is 16.6. The van der Waals surface area contributed by atoms with Gasteiger partial charge in [-0.05, 0) is 36.8 Å². The molecule has 0 spiro atoms. The van der Waals surface area contributed by atoms with Crippen molar-refractivity contribution in [3.63, 3.8) is 0 Å². The van der Waals surface area contributed by atoms with E-state index in [0.29, 0.717) is 5.56 Å². The van der Waals surface area contributed by atoms with E-state index in [0.717, 1.165) is 22.3 Å². The van der Waals surface area contributed by atoms with Crippen LogP contribution in [0, 0.1) is 18.3 Å². The van der Waals surface area contributed by atoms with Crippen molar-refractivity contribution in [2.24, 2.45) is 0 Å². The van der Waals surface area contributed by atoms with Gasteiger partial charge in [0, 0.05) is 33.8 Å². The van der Waals surface area contributed by atoms with Crippen molar-refractivity contribution in [2.75, 3.05) is 0 Å². The fourth-order valence-electron chi connectivity index (χ4n) is 2.64. The molecule has 3 nitrogen and oxygen atoms in total. The molecule has 0 saturated carbocycles. The van der Waals surface area contributed by atoms with Crippen LogP contribution in [0.3, 0.4) is 0 Å². The molecule has 0 aliphatic heterocycles. The standard InChI is InChI=1S/C19H19N3S/c1-13-9-17-14(10-20)5-6-16(22(17)12-13)15-11-21-8-7-18(15)23-19(2,3)4/h5-9,11-12H,1-4H3. The first kappa shape index (κ1) is 15.6. The lowest BCUT2D eigenvalue weighted by Gasteiger charge is -2.20. The highest BCUT2D eigenvalue weighted by molar-refractivity contribution is 8.00. The number of rotatable bonds is 2. The molecule has 4 heteroatoms. The molecular formula is C19H19N3S. The molecule has 0 unspecified atom stereocenters. The second-order valence-corrected chi connectivity index (χ2v) is 8.47. The molecule has 0 saturated heterocycles. The summed E-state index contributed by atoms with van der Waals surface area (Å²) in [4.78, 5) is 5.52. The Hall–Kier alpha value is -2.25.